The van der Waals surface area contributed by atoms with E-state index in [1.807, 2.05) is 0 Å². The zero-order chi connectivity index (χ0) is 11.7. The Morgan fingerprint density at radius 1 is 1.50 bits per heavy atom. The van der Waals surface area contributed by atoms with Crippen molar-refractivity contribution in [2.45, 2.75) is 0 Å². The van der Waals surface area contributed by atoms with Gasteiger partial charge in [0.15, 0.2) is 0 Å². The summed E-state index contributed by atoms with van der Waals surface area (Å²) in [5.41, 5.74) is 5.18. The topological polar surface area (TPSA) is 88.8 Å². The maximum Gasteiger partial charge on any atom is 0.346 e. The van der Waals surface area contributed by atoms with E-state index in [-0.39, 0.29) is 17.2 Å². The second-order valence-electron chi connectivity index (χ2n) is 2.95. The monoisotopic (exact) mass is 299 g/mol. The maximum atomic E-state index is 11.9. The number of thiophene rings is 1. The van der Waals surface area contributed by atoms with E-state index >= 15 is 0 Å². The molecule has 2 aromatic heterocycles. The van der Waals surface area contributed by atoms with Gasteiger partial charge in [-0.1, -0.05) is 0 Å². The smallest absolute Gasteiger partial charge is 0.346 e. The summed E-state index contributed by atoms with van der Waals surface area (Å²) in [5.74, 6) is -0.216. The summed E-state index contributed by atoms with van der Waals surface area (Å²) in [4.78, 5) is 29.1. The summed E-state index contributed by atoms with van der Waals surface area (Å²) in [5, 5.41) is 0. The van der Waals surface area contributed by atoms with Crippen LogP contribution in [0.2, 0.25) is 0 Å². The van der Waals surface area contributed by atoms with Gasteiger partial charge in [0.2, 0.25) is 5.78 Å². The van der Waals surface area contributed by atoms with E-state index in [1.165, 1.54) is 17.5 Å². The first kappa shape index (κ1) is 11.0. The van der Waals surface area contributed by atoms with E-state index < -0.39 is 5.69 Å². The first-order valence-electron chi connectivity index (χ1n) is 4.23. The molecule has 5 nitrogen and oxygen atoms in total. The highest BCUT2D eigenvalue weighted by molar-refractivity contribution is 9.11. The highest BCUT2D eigenvalue weighted by Crippen LogP contribution is 2.24. The Labute approximate surface area is 102 Å². The van der Waals surface area contributed by atoms with E-state index in [4.69, 9.17) is 5.73 Å². The van der Waals surface area contributed by atoms with Crippen molar-refractivity contribution < 1.29 is 4.79 Å². The molecular weight excluding hydrogens is 294 g/mol. The van der Waals surface area contributed by atoms with Crippen molar-refractivity contribution in [3.8, 4) is 0 Å². The largest absolute Gasteiger partial charge is 0.384 e. The Balaban J connectivity index is 2.45. The molecule has 0 atom stereocenters. The molecule has 0 aliphatic rings. The highest BCUT2D eigenvalue weighted by Gasteiger charge is 2.15. The molecule has 2 heterocycles. The number of nitrogens with zero attached hydrogens (tertiary/aromatic N) is 1. The lowest BCUT2D eigenvalue weighted by Gasteiger charge is -2.00. The van der Waals surface area contributed by atoms with Gasteiger partial charge in [-0.3, -0.25) is 9.78 Å². The Morgan fingerprint density at radius 2 is 2.25 bits per heavy atom. The number of hydrogen-bond acceptors (Lipinski definition) is 5. The number of anilines is 1. The number of aromatic amines is 1. The van der Waals surface area contributed by atoms with Crippen molar-refractivity contribution >= 4 is 38.9 Å². The fraction of sp³-hybridized carbons (Fsp3) is 0. The fourth-order valence-corrected chi connectivity index (χ4v) is 2.50. The minimum atomic E-state index is -0.568. The van der Waals surface area contributed by atoms with Crippen LogP contribution in [-0.2, 0) is 0 Å². The van der Waals surface area contributed by atoms with E-state index in [0.717, 1.165) is 3.79 Å². The zero-order valence-corrected chi connectivity index (χ0v) is 10.3. The predicted molar refractivity (Wildman–Crippen MR) is 64.7 cm³/mol. The van der Waals surface area contributed by atoms with Gasteiger partial charge in [0, 0.05) is 6.20 Å². The molecule has 16 heavy (non-hydrogen) atoms. The molecule has 0 spiro atoms. The minimum Gasteiger partial charge on any atom is -0.384 e. The number of halogens is 1. The Kier molecular flexibility index (Phi) is 2.88. The lowest BCUT2D eigenvalue weighted by atomic mass is 10.2. The van der Waals surface area contributed by atoms with Crippen LogP contribution in [0.25, 0.3) is 0 Å². The van der Waals surface area contributed by atoms with Gasteiger partial charge in [-0.05, 0) is 28.1 Å². The minimum absolute atomic E-state index is 0.0366. The molecule has 0 aromatic carbocycles. The van der Waals surface area contributed by atoms with Gasteiger partial charge >= 0.3 is 5.69 Å². The number of aromatic nitrogens is 2. The van der Waals surface area contributed by atoms with Crippen LogP contribution in [0.3, 0.4) is 0 Å². The number of hydrogen-bond donors (Lipinski definition) is 2. The summed E-state index contributed by atoms with van der Waals surface area (Å²) in [6, 6.07) is 3.45. The standard InChI is InChI=1S/C9H6BrN3O2S/c10-6-2-1-5(16-6)7(14)4-3-12-9(15)13-8(4)11/h1-3H,(H3,11,12,13,15). The van der Waals surface area contributed by atoms with Gasteiger partial charge in [0.25, 0.3) is 0 Å². The molecular formula is C9H6BrN3O2S. The summed E-state index contributed by atoms with van der Waals surface area (Å²) in [7, 11) is 0. The number of nitrogens with two attached hydrogens (primary N) is 1. The average molecular weight is 300 g/mol. The van der Waals surface area contributed by atoms with Crippen molar-refractivity contribution in [1.29, 1.82) is 0 Å². The number of ketones is 1. The van der Waals surface area contributed by atoms with Gasteiger partial charge in [-0.2, -0.15) is 0 Å². The Morgan fingerprint density at radius 3 is 2.81 bits per heavy atom. The molecule has 3 N–H and O–H groups in total. The summed E-state index contributed by atoms with van der Waals surface area (Å²) in [6.07, 6.45) is 1.18. The van der Waals surface area contributed by atoms with Crippen molar-refractivity contribution in [3.05, 3.63) is 43.0 Å². The van der Waals surface area contributed by atoms with Crippen LogP contribution in [0.4, 0.5) is 5.82 Å². The number of rotatable bonds is 2. The first-order chi connectivity index (χ1) is 7.58. The van der Waals surface area contributed by atoms with E-state index in [2.05, 4.69) is 25.9 Å². The van der Waals surface area contributed by atoms with Crippen LogP contribution in [-0.4, -0.2) is 15.8 Å². The SMILES string of the molecule is Nc1[nH]c(=O)ncc1C(=O)c1ccc(Br)s1. The van der Waals surface area contributed by atoms with Crippen molar-refractivity contribution in [2.75, 3.05) is 5.73 Å². The van der Waals surface area contributed by atoms with Gasteiger partial charge in [-0.15, -0.1) is 11.3 Å². The lowest BCUT2D eigenvalue weighted by Crippen LogP contribution is -2.16. The highest BCUT2D eigenvalue weighted by atomic mass is 79.9. The number of nitrogens with one attached hydrogen (secondary N) is 1. The normalized spacial score (nSPS) is 10.3. The van der Waals surface area contributed by atoms with Gasteiger partial charge in [0.05, 0.1) is 14.2 Å². The lowest BCUT2D eigenvalue weighted by molar-refractivity contribution is 0.104. The molecule has 0 saturated carbocycles. The van der Waals surface area contributed by atoms with Gasteiger partial charge in [-0.25, -0.2) is 9.78 Å². The third-order valence-corrected chi connectivity index (χ3v) is 3.51. The number of carbonyl (C=O) groups is 1. The molecule has 0 unspecified atom stereocenters. The summed E-state index contributed by atoms with van der Waals surface area (Å²) >= 11 is 4.56. The Hall–Kier alpha value is -1.47. The van der Waals surface area contributed by atoms with Gasteiger partial charge in [0.1, 0.15) is 5.82 Å². The van der Waals surface area contributed by atoms with Crippen molar-refractivity contribution in [1.82, 2.24) is 9.97 Å². The second kappa shape index (κ2) is 4.18. The molecule has 0 saturated heterocycles. The van der Waals surface area contributed by atoms with Crippen LogP contribution < -0.4 is 11.4 Å². The third kappa shape index (κ3) is 2.05. The summed E-state index contributed by atoms with van der Waals surface area (Å²) in [6.45, 7) is 0. The van der Waals surface area contributed by atoms with Crippen LogP contribution >= 0.6 is 27.3 Å². The average Bonchev–Trinajstić information content (AvgIpc) is 2.64. The molecule has 0 radical (unpaired) electrons. The van der Waals surface area contributed by atoms with E-state index in [1.54, 1.807) is 12.1 Å². The predicted octanol–water partition coefficient (Wildman–Crippen LogP) is 1.41. The number of nitrogen functional groups attached to an aromatic ring is 1. The molecule has 0 amide bonds. The number of carbonyl (C=O) groups excluding carboxylic acids is 1. The fourth-order valence-electron chi connectivity index (χ4n) is 1.16. The second-order valence-corrected chi connectivity index (χ2v) is 5.41. The molecule has 0 fully saturated rings. The number of H-pyrrole nitrogens is 1. The van der Waals surface area contributed by atoms with Crippen molar-refractivity contribution in [3.63, 3.8) is 0 Å². The zero-order valence-electron chi connectivity index (χ0n) is 7.86. The van der Waals surface area contributed by atoms with Gasteiger partial charge < -0.3 is 5.73 Å². The quantitative estimate of drug-likeness (QED) is 0.821. The molecule has 7 heteroatoms. The molecule has 0 bridgehead atoms. The third-order valence-electron chi connectivity index (χ3n) is 1.88. The van der Waals surface area contributed by atoms with Crippen LogP contribution in [0, 0.1) is 0 Å². The maximum absolute atomic E-state index is 11.9. The first-order valence-corrected chi connectivity index (χ1v) is 5.83. The van der Waals surface area contributed by atoms with Crippen LogP contribution in [0.1, 0.15) is 15.2 Å². The molecule has 0 aliphatic carbocycles. The molecule has 2 rings (SSSR count). The summed E-state index contributed by atoms with van der Waals surface area (Å²) < 4.78 is 0.854. The van der Waals surface area contributed by atoms with E-state index in [0.29, 0.717) is 4.88 Å². The molecule has 2 aromatic rings. The van der Waals surface area contributed by atoms with Crippen LogP contribution in [0.5, 0.6) is 0 Å². The van der Waals surface area contributed by atoms with E-state index in [9.17, 15) is 9.59 Å². The Bertz CT molecular complexity index is 605. The van der Waals surface area contributed by atoms with Crippen molar-refractivity contribution in [2.24, 2.45) is 0 Å². The van der Waals surface area contributed by atoms with Crippen LogP contribution in [0.15, 0.2) is 26.9 Å². The molecule has 0 aliphatic heterocycles. The molecule has 82 valence electrons.